The largest absolute Gasteiger partial charge is 0.481 e. The molecule has 0 saturated heterocycles. The lowest BCUT2D eigenvalue weighted by atomic mass is 9.82. The second kappa shape index (κ2) is 37.3. The Morgan fingerprint density at radius 1 is 0.474 bits per heavy atom. The summed E-state index contributed by atoms with van der Waals surface area (Å²) in [4.78, 5) is 56.2. The summed E-state index contributed by atoms with van der Waals surface area (Å²) in [6, 6.07) is 0. The van der Waals surface area contributed by atoms with Crippen molar-refractivity contribution >= 4 is 29.5 Å². The van der Waals surface area contributed by atoms with Gasteiger partial charge in [-0.3, -0.25) is 19.2 Å². The fraction of sp³-hybridized carbons (Fsp3) is 0.800. The van der Waals surface area contributed by atoms with E-state index in [9.17, 15) is 39.3 Å². The summed E-state index contributed by atoms with van der Waals surface area (Å²) in [5, 5.41) is 64.4. The molecule has 0 aromatic carbocycles. The standard InChI is InChI=1S/C39H72O5.C6H8O7/c1-3-5-7-9-11-13-15-17-19-21-23-25-27-29-31-33-36(41)39(44,38(43)35-40)37(42)34-32-30-28-26-24-22-20-18-16-14-12-10-8-6-4-2;7-3(8)1-6(13,5(11)12)2-4(9)10/h17-20,38,40,43-44H,3-16,21-35H2,1-2H3;13H,1-2H2,(H,7,8)(H,9,10)(H,11,12)/b19-17-,20-18-;. The van der Waals surface area contributed by atoms with E-state index in [1.807, 2.05) is 0 Å². The number of carbonyl (C=O) groups is 5. The summed E-state index contributed by atoms with van der Waals surface area (Å²) >= 11 is 0. The van der Waals surface area contributed by atoms with E-state index in [-0.39, 0.29) is 12.8 Å². The van der Waals surface area contributed by atoms with Crippen LogP contribution in [0.4, 0.5) is 0 Å². The molecule has 0 aromatic rings. The van der Waals surface area contributed by atoms with Gasteiger partial charge < -0.3 is 35.7 Å². The van der Waals surface area contributed by atoms with Gasteiger partial charge in [0.25, 0.3) is 0 Å². The number of hydrogen-bond donors (Lipinski definition) is 7. The van der Waals surface area contributed by atoms with Gasteiger partial charge in [-0.05, 0) is 64.2 Å². The smallest absolute Gasteiger partial charge is 0.336 e. The molecule has 1 unspecified atom stereocenters. The molecule has 7 N–H and O–H groups in total. The van der Waals surface area contributed by atoms with Gasteiger partial charge in [0, 0.05) is 12.8 Å². The average molecular weight is 813 g/mol. The third kappa shape index (κ3) is 30.8. The summed E-state index contributed by atoms with van der Waals surface area (Å²) in [6.45, 7) is 3.68. The number of carboxylic acids is 3. The highest BCUT2D eigenvalue weighted by molar-refractivity contribution is 6.10. The molecule has 0 saturated carbocycles. The number of ketones is 2. The molecular formula is C45H80O12. The lowest BCUT2D eigenvalue weighted by Gasteiger charge is -2.29. The fourth-order valence-electron chi connectivity index (χ4n) is 6.47. The van der Waals surface area contributed by atoms with Gasteiger partial charge >= 0.3 is 17.9 Å². The Hall–Kier alpha value is -2.93. The van der Waals surface area contributed by atoms with Crippen LogP contribution in [-0.2, 0) is 24.0 Å². The van der Waals surface area contributed by atoms with Crippen molar-refractivity contribution in [2.75, 3.05) is 6.61 Å². The maximum absolute atomic E-state index is 12.8. The van der Waals surface area contributed by atoms with Crippen LogP contribution in [0.1, 0.15) is 206 Å². The summed E-state index contributed by atoms with van der Waals surface area (Å²) < 4.78 is 0. The molecular weight excluding hydrogens is 732 g/mol. The maximum atomic E-state index is 12.8. The normalized spacial score (nSPS) is 12.5. The monoisotopic (exact) mass is 813 g/mol. The summed E-state index contributed by atoms with van der Waals surface area (Å²) in [5.74, 6) is -6.33. The van der Waals surface area contributed by atoms with Gasteiger partial charge in [-0.15, -0.1) is 0 Å². The molecule has 0 aliphatic carbocycles. The van der Waals surface area contributed by atoms with Crippen molar-refractivity contribution in [3.63, 3.8) is 0 Å². The van der Waals surface area contributed by atoms with E-state index in [4.69, 9.17) is 20.4 Å². The number of aliphatic carboxylic acids is 3. The number of aliphatic hydroxyl groups excluding tert-OH is 2. The quantitative estimate of drug-likeness (QED) is 0.0175. The number of allylic oxidation sites excluding steroid dienone is 4. The molecule has 57 heavy (non-hydrogen) atoms. The highest BCUT2D eigenvalue weighted by Crippen LogP contribution is 2.22. The van der Waals surface area contributed by atoms with Crippen molar-refractivity contribution in [1.82, 2.24) is 0 Å². The Kier molecular flexibility index (Phi) is 36.8. The van der Waals surface area contributed by atoms with Crippen LogP contribution >= 0.6 is 0 Å². The minimum atomic E-state index is -2.74. The second-order valence-electron chi connectivity index (χ2n) is 15.5. The lowest BCUT2D eigenvalue weighted by molar-refractivity contribution is -0.170. The molecule has 0 amide bonds. The van der Waals surface area contributed by atoms with Crippen molar-refractivity contribution in [2.45, 2.75) is 224 Å². The predicted molar refractivity (Wildman–Crippen MR) is 224 cm³/mol. The van der Waals surface area contributed by atoms with Crippen molar-refractivity contribution in [3.8, 4) is 0 Å². The molecule has 1 atom stereocenters. The van der Waals surface area contributed by atoms with Crippen LogP contribution in [-0.4, -0.2) is 89.1 Å². The molecule has 0 spiro atoms. The van der Waals surface area contributed by atoms with Crippen LogP contribution in [0, 0.1) is 0 Å². The minimum Gasteiger partial charge on any atom is -0.481 e. The topological polar surface area (TPSA) is 227 Å². The van der Waals surface area contributed by atoms with Gasteiger partial charge in [0.1, 0.15) is 6.10 Å². The summed E-state index contributed by atoms with van der Waals surface area (Å²) in [7, 11) is 0. The van der Waals surface area contributed by atoms with Crippen molar-refractivity contribution in [3.05, 3.63) is 24.3 Å². The number of Topliss-reactive ketones (excluding diaryl/α,β-unsaturated/α-hetero) is 2. The van der Waals surface area contributed by atoms with E-state index in [1.54, 1.807) is 0 Å². The van der Waals surface area contributed by atoms with Gasteiger partial charge in [-0.1, -0.05) is 141 Å². The highest BCUT2D eigenvalue weighted by Gasteiger charge is 2.48. The highest BCUT2D eigenvalue weighted by atomic mass is 16.4. The first-order chi connectivity index (χ1) is 27.2. The van der Waals surface area contributed by atoms with Crippen molar-refractivity contribution < 1.29 is 59.7 Å². The van der Waals surface area contributed by atoms with Gasteiger partial charge in [-0.2, -0.15) is 0 Å². The minimum absolute atomic E-state index is 0.0455. The number of hydrogen-bond acceptors (Lipinski definition) is 9. The molecule has 0 aliphatic rings. The van der Waals surface area contributed by atoms with Crippen LogP contribution < -0.4 is 0 Å². The molecule has 0 aliphatic heterocycles. The Bertz CT molecular complexity index is 1050. The number of unbranched alkanes of at least 4 members (excludes halogenated alkanes) is 22. The van der Waals surface area contributed by atoms with E-state index in [2.05, 4.69) is 38.2 Å². The van der Waals surface area contributed by atoms with Gasteiger partial charge in [0.15, 0.2) is 17.2 Å². The first kappa shape index (κ1) is 56.2. The Morgan fingerprint density at radius 2 is 0.754 bits per heavy atom. The summed E-state index contributed by atoms with van der Waals surface area (Å²) in [5.41, 5.74) is -5.23. The second-order valence-corrected chi connectivity index (χ2v) is 15.5. The number of rotatable bonds is 39. The van der Waals surface area contributed by atoms with Crippen molar-refractivity contribution in [1.29, 1.82) is 0 Å². The van der Waals surface area contributed by atoms with E-state index >= 15 is 0 Å². The zero-order valence-electron chi connectivity index (χ0n) is 35.5. The van der Waals surface area contributed by atoms with Crippen LogP contribution in [0.2, 0.25) is 0 Å². The molecule has 12 nitrogen and oxygen atoms in total. The average Bonchev–Trinajstić information content (AvgIpc) is 3.16. The third-order valence-electron chi connectivity index (χ3n) is 10.1. The third-order valence-corrected chi connectivity index (χ3v) is 10.1. The van der Waals surface area contributed by atoms with Gasteiger partial charge in [0.2, 0.25) is 5.60 Å². The molecule has 12 heteroatoms. The summed E-state index contributed by atoms with van der Waals surface area (Å²) in [6.07, 6.45) is 35.0. The Labute approximate surface area is 343 Å². The van der Waals surface area contributed by atoms with Crippen molar-refractivity contribution in [2.24, 2.45) is 0 Å². The lowest BCUT2D eigenvalue weighted by Crippen LogP contribution is -2.57. The van der Waals surface area contributed by atoms with E-state index in [0.29, 0.717) is 12.8 Å². The molecule has 0 aromatic heterocycles. The fourth-order valence-corrected chi connectivity index (χ4v) is 6.47. The zero-order valence-corrected chi connectivity index (χ0v) is 35.5. The maximum Gasteiger partial charge on any atom is 0.336 e. The van der Waals surface area contributed by atoms with E-state index < -0.39 is 66.2 Å². The molecule has 0 radical (unpaired) electrons. The molecule has 0 bridgehead atoms. The Morgan fingerprint density at radius 3 is 1.02 bits per heavy atom. The molecule has 0 heterocycles. The molecule has 0 rings (SSSR count). The molecule has 0 fully saturated rings. The van der Waals surface area contributed by atoms with Crippen LogP contribution in [0.5, 0.6) is 0 Å². The number of carbonyl (C=O) groups excluding carboxylic acids is 2. The van der Waals surface area contributed by atoms with Gasteiger partial charge in [0.05, 0.1) is 19.4 Å². The van der Waals surface area contributed by atoms with Crippen LogP contribution in [0.25, 0.3) is 0 Å². The van der Waals surface area contributed by atoms with E-state index in [0.717, 1.165) is 64.2 Å². The van der Waals surface area contributed by atoms with Gasteiger partial charge in [-0.25, -0.2) is 4.79 Å². The predicted octanol–water partition coefficient (Wildman–Crippen LogP) is 9.04. The first-order valence-corrected chi connectivity index (χ1v) is 22.0. The van der Waals surface area contributed by atoms with E-state index in [1.165, 1.54) is 89.9 Å². The van der Waals surface area contributed by atoms with Crippen LogP contribution in [0.3, 0.4) is 0 Å². The zero-order chi connectivity index (χ0) is 43.2. The van der Waals surface area contributed by atoms with Crippen LogP contribution in [0.15, 0.2) is 24.3 Å². The Balaban J connectivity index is 0. The number of carboxylic acid groups (broad SMARTS) is 3. The number of aliphatic hydroxyl groups is 4. The molecule has 332 valence electrons. The SMILES string of the molecule is CCCCCCCC/C=C\CCCCCCCC(=O)C(O)(C(=O)CCCCCCC/C=C\CCCCCCCC)C(O)CO.O=C(O)CC(O)(CC(=O)O)C(=O)O. The first-order valence-electron chi connectivity index (χ1n) is 22.0.